The van der Waals surface area contributed by atoms with Gasteiger partial charge < -0.3 is 5.11 Å². The van der Waals surface area contributed by atoms with Crippen molar-refractivity contribution < 1.29 is 9.90 Å². The van der Waals surface area contributed by atoms with Crippen molar-refractivity contribution in [3.05, 3.63) is 5.82 Å². The zero-order valence-corrected chi connectivity index (χ0v) is 9.46. The summed E-state index contributed by atoms with van der Waals surface area (Å²) in [4.78, 5) is 11.2. The van der Waals surface area contributed by atoms with Gasteiger partial charge in [0, 0.05) is 0 Å². The van der Waals surface area contributed by atoms with Crippen LogP contribution in [0.3, 0.4) is 0 Å². The van der Waals surface area contributed by atoms with Gasteiger partial charge in [0.25, 0.3) is 0 Å². The first-order chi connectivity index (χ1) is 8.21. The molecule has 0 saturated heterocycles. The zero-order valence-electron chi connectivity index (χ0n) is 9.46. The molecule has 0 aromatic carbocycles. The molecule has 0 unspecified atom stereocenters. The number of aromatic nitrogens is 4. The van der Waals surface area contributed by atoms with Crippen LogP contribution in [0.25, 0.3) is 0 Å². The molecule has 0 atom stereocenters. The third kappa shape index (κ3) is 1.80. The molecule has 17 heavy (non-hydrogen) atoms. The number of carboxylic acid groups (broad SMARTS) is 1. The smallest absolute Gasteiger partial charge is 0.323 e. The molecule has 2 aliphatic rings. The van der Waals surface area contributed by atoms with Crippen molar-refractivity contribution in [2.45, 2.75) is 50.2 Å². The minimum absolute atomic E-state index is 0.420. The van der Waals surface area contributed by atoms with Crippen molar-refractivity contribution in [2.24, 2.45) is 0 Å². The second-order valence-electron chi connectivity index (χ2n) is 4.87. The molecule has 2 fully saturated rings. The van der Waals surface area contributed by atoms with Gasteiger partial charge in [-0.1, -0.05) is 0 Å². The van der Waals surface area contributed by atoms with E-state index < -0.39 is 11.5 Å². The molecule has 7 nitrogen and oxygen atoms in total. The molecule has 7 heteroatoms. The Morgan fingerprint density at radius 3 is 2.82 bits per heavy atom. The molecular formula is C10H15N5O2. The highest BCUT2D eigenvalue weighted by Crippen LogP contribution is 2.35. The van der Waals surface area contributed by atoms with Gasteiger partial charge in [-0.05, 0) is 42.5 Å². The van der Waals surface area contributed by atoms with Crippen LogP contribution in [0.1, 0.15) is 44.0 Å². The minimum atomic E-state index is -0.769. The summed E-state index contributed by atoms with van der Waals surface area (Å²) in [5.41, 5.74) is -0.750. The van der Waals surface area contributed by atoms with Gasteiger partial charge in [-0.25, -0.2) is 4.68 Å². The maximum Gasteiger partial charge on any atom is 0.323 e. The van der Waals surface area contributed by atoms with Crippen LogP contribution in [0.5, 0.6) is 0 Å². The molecule has 2 saturated carbocycles. The highest BCUT2D eigenvalue weighted by molar-refractivity contribution is 5.79. The highest BCUT2D eigenvalue weighted by atomic mass is 16.4. The average Bonchev–Trinajstić information content (AvgIpc) is 2.97. The lowest BCUT2D eigenvalue weighted by Gasteiger charge is -2.38. The van der Waals surface area contributed by atoms with Gasteiger partial charge in [-0.2, -0.15) is 0 Å². The van der Waals surface area contributed by atoms with Gasteiger partial charge in [0.2, 0.25) is 0 Å². The highest BCUT2D eigenvalue weighted by Gasteiger charge is 2.44. The van der Waals surface area contributed by atoms with Crippen LogP contribution >= 0.6 is 0 Å². The van der Waals surface area contributed by atoms with Gasteiger partial charge in [0.05, 0.1) is 12.6 Å². The van der Waals surface area contributed by atoms with Crippen LogP contribution in [-0.2, 0) is 11.3 Å². The van der Waals surface area contributed by atoms with Crippen molar-refractivity contribution >= 4 is 5.97 Å². The third-order valence-electron chi connectivity index (χ3n) is 3.66. The summed E-state index contributed by atoms with van der Waals surface area (Å²) in [6, 6.07) is 0.420. The zero-order chi connectivity index (χ0) is 11.9. The summed E-state index contributed by atoms with van der Waals surface area (Å²) in [7, 11) is 0. The van der Waals surface area contributed by atoms with E-state index in [1.807, 2.05) is 0 Å². The molecule has 1 aromatic heterocycles. The van der Waals surface area contributed by atoms with Crippen LogP contribution in [-0.4, -0.2) is 36.8 Å². The van der Waals surface area contributed by atoms with Crippen molar-refractivity contribution in [1.29, 1.82) is 0 Å². The van der Waals surface area contributed by atoms with Crippen LogP contribution < -0.4 is 5.32 Å². The van der Waals surface area contributed by atoms with E-state index >= 15 is 0 Å². The summed E-state index contributed by atoms with van der Waals surface area (Å²) >= 11 is 0. The molecule has 2 N–H and O–H groups in total. The van der Waals surface area contributed by atoms with Crippen LogP contribution in [0, 0.1) is 0 Å². The molecule has 1 heterocycles. The van der Waals surface area contributed by atoms with Crippen molar-refractivity contribution in [2.75, 3.05) is 0 Å². The second kappa shape index (κ2) is 3.76. The summed E-state index contributed by atoms with van der Waals surface area (Å²) in [5, 5.41) is 23.8. The molecule has 1 aromatic rings. The first kappa shape index (κ1) is 10.6. The Morgan fingerprint density at radius 1 is 1.53 bits per heavy atom. The molecule has 92 valence electrons. The number of nitrogens with one attached hydrogen (secondary N) is 1. The molecule has 0 aliphatic heterocycles. The average molecular weight is 237 g/mol. The summed E-state index contributed by atoms with van der Waals surface area (Å²) in [6.07, 6.45) is 4.57. The van der Waals surface area contributed by atoms with E-state index in [0.29, 0.717) is 25.4 Å². The fourth-order valence-corrected chi connectivity index (χ4v) is 2.18. The fraction of sp³-hybridized carbons (Fsp3) is 0.800. The van der Waals surface area contributed by atoms with E-state index in [1.165, 1.54) is 0 Å². The predicted molar refractivity (Wildman–Crippen MR) is 57.1 cm³/mol. The normalized spacial score (nSPS) is 22.1. The molecule has 0 radical (unpaired) electrons. The Kier molecular flexibility index (Phi) is 2.36. The van der Waals surface area contributed by atoms with Crippen LogP contribution in [0.4, 0.5) is 0 Å². The molecular weight excluding hydrogens is 222 g/mol. The largest absolute Gasteiger partial charge is 0.480 e. The number of hydrogen-bond acceptors (Lipinski definition) is 5. The van der Waals surface area contributed by atoms with E-state index in [-0.39, 0.29) is 0 Å². The summed E-state index contributed by atoms with van der Waals surface area (Å²) < 4.78 is 1.81. The van der Waals surface area contributed by atoms with Gasteiger partial charge >= 0.3 is 5.97 Å². The van der Waals surface area contributed by atoms with Gasteiger partial charge in [-0.15, -0.1) is 5.10 Å². The summed E-state index contributed by atoms with van der Waals surface area (Å²) in [6.45, 7) is 0.426. The van der Waals surface area contributed by atoms with Crippen LogP contribution in [0.2, 0.25) is 0 Å². The van der Waals surface area contributed by atoms with Gasteiger partial charge in [-0.3, -0.25) is 10.1 Å². The van der Waals surface area contributed by atoms with Crippen molar-refractivity contribution in [3.63, 3.8) is 0 Å². The van der Waals surface area contributed by atoms with E-state index in [0.717, 1.165) is 25.1 Å². The molecule has 0 spiro atoms. The lowest BCUT2D eigenvalue weighted by atomic mass is 9.77. The minimum Gasteiger partial charge on any atom is -0.480 e. The SMILES string of the molecule is O=C(O)C1(NCc2nnnn2C2CC2)CCC1. The third-order valence-corrected chi connectivity index (χ3v) is 3.66. The number of nitrogens with zero attached hydrogens (tertiary/aromatic N) is 4. The maximum absolute atomic E-state index is 11.2. The first-order valence-electron chi connectivity index (χ1n) is 5.96. The Labute approximate surface area is 98.2 Å². The fourth-order valence-electron chi connectivity index (χ4n) is 2.18. The summed E-state index contributed by atoms with van der Waals surface area (Å²) in [5.74, 6) is -0.0331. The first-order valence-corrected chi connectivity index (χ1v) is 5.96. The molecule has 2 aliphatic carbocycles. The topological polar surface area (TPSA) is 92.9 Å². The van der Waals surface area contributed by atoms with E-state index in [1.54, 1.807) is 4.68 Å². The molecule has 0 amide bonds. The van der Waals surface area contributed by atoms with Crippen molar-refractivity contribution in [1.82, 2.24) is 25.5 Å². The number of tetrazole rings is 1. The number of rotatable bonds is 5. The van der Waals surface area contributed by atoms with E-state index in [2.05, 4.69) is 20.8 Å². The Morgan fingerprint density at radius 2 is 2.29 bits per heavy atom. The standard InChI is InChI=1S/C10H15N5O2/c16-9(17)10(4-1-5-10)11-6-8-12-13-14-15(8)7-2-3-7/h7,11H,1-6H2,(H,16,17). The quantitative estimate of drug-likeness (QED) is 0.754. The number of carboxylic acids is 1. The monoisotopic (exact) mass is 237 g/mol. The predicted octanol–water partition coefficient (Wildman–Crippen LogP) is 0.105. The Balaban J connectivity index is 1.67. The maximum atomic E-state index is 11.2. The Hall–Kier alpha value is -1.50. The van der Waals surface area contributed by atoms with E-state index in [4.69, 9.17) is 0 Å². The number of carbonyl (C=O) groups is 1. The van der Waals surface area contributed by atoms with E-state index in [9.17, 15) is 9.90 Å². The lowest BCUT2D eigenvalue weighted by molar-refractivity contribution is -0.148. The number of aliphatic carboxylic acids is 1. The van der Waals surface area contributed by atoms with Gasteiger partial charge in [0.1, 0.15) is 5.54 Å². The molecule has 3 rings (SSSR count). The lowest BCUT2D eigenvalue weighted by Crippen LogP contribution is -2.56. The number of hydrogen-bond donors (Lipinski definition) is 2. The van der Waals surface area contributed by atoms with Gasteiger partial charge in [0.15, 0.2) is 5.82 Å². The van der Waals surface area contributed by atoms with Crippen LogP contribution in [0.15, 0.2) is 0 Å². The Bertz CT molecular complexity index is 436. The molecule has 0 bridgehead atoms. The second-order valence-corrected chi connectivity index (χ2v) is 4.87. The van der Waals surface area contributed by atoms with Crippen molar-refractivity contribution in [3.8, 4) is 0 Å².